The molecule has 0 spiro atoms. The number of hydrogen-bond acceptors (Lipinski definition) is 3. The lowest BCUT2D eigenvalue weighted by atomic mass is 9.96. The highest BCUT2D eigenvalue weighted by Gasteiger charge is 2.16. The summed E-state index contributed by atoms with van der Waals surface area (Å²) >= 11 is 0. The Kier molecular flexibility index (Phi) is 8.70. The number of alkyl carbamates (subject to hydrolysis) is 1. The van der Waals surface area contributed by atoms with Crippen molar-refractivity contribution in [3.63, 3.8) is 0 Å². The van der Waals surface area contributed by atoms with Gasteiger partial charge >= 0.3 is 6.09 Å². The number of nitrogens with two attached hydrogens (primary N) is 1. The molecule has 6 nitrogen and oxygen atoms in total. The fourth-order valence-electron chi connectivity index (χ4n) is 2.80. The molecule has 1 amide bonds. The molecular formula is C16H32N4O2. The third-order valence-corrected chi connectivity index (χ3v) is 3.79. The third kappa shape index (κ3) is 8.10. The van der Waals surface area contributed by atoms with Gasteiger partial charge in [-0.1, -0.05) is 33.1 Å². The van der Waals surface area contributed by atoms with Gasteiger partial charge in [0.1, 0.15) is 0 Å². The molecule has 6 heteroatoms. The van der Waals surface area contributed by atoms with Crippen LogP contribution >= 0.6 is 0 Å². The van der Waals surface area contributed by atoms with Gasteiger partial charge in [0.25, 0.3) is 0 Å². The van der Waals surface area contributed by atoms with Crippen molar-refractivity contribution in [2.75, 3.05) is 13.2 Å². The van der Waals surface area contributed by atoms with Crippen molar-refractivity contribution < 1.29 is 9.53 Å². The summed E-state index contributed by atoms with van der Waals surface area (Å²) in [6.45, 7) is 6.87. The maximum absolute atomic E-state index is 11.6. The van der Waals surface area contributed by atoms with Crippen LogP contribution in [0.25, 0.3) is 0 Å². The smallest absolute Gasteiger partial charge is 0.407 e. The van der Waals surface area contributed by atoms with Gasteiger partial charge < -0.3 is 21.1 Å². The van der Waals surface area contributed by atoms with E-state index in [0.29, 0.717) is 31.1 Å². The van der Waals surface area contributed by atoms with Crippen LogP contribution in [0.2, 0.25) is 0 Å². The molecule has 128 valence electrons. The first kappa shape index (κ1) is 18.6. The molecule has 0 aliphatic heterocycles. The maximum atomic E-state index is 11.6. The van der Waals surface area contributed by atoms with Gasteiger partial charge in [-0.15, -0.1) is 0 Å². The minimum absolute atomic E-state index is 0.0502. The van der Waals surface area contributed by atoms with Gasteiger partial charge in [0.2, 0.25) is 0 Å². The van der Waals surface area contributed by atoms with E-state index in [4.69, 9.17) is 10.5 Å². The Hall–Kier alpha value is -1.46. The number of nitrogens with zero attached hydrogens (tertiary/aromatic N) is 1. The highest BCUT2D eigenvalue weighted by Crippen LogP contribution is 2.17. The van der Waals surface area contributed by atoms with Crippen LogP contribution in [-0.4, -0.2) is 37.3 Å². The predicted octanol–water partition coefficient (Wildman–Crippen LogP) is 2.38. The van der Waals surface area contributed by atoms with Crippen LogP contribution in [-0.2, 0) is 4.74 Å². The van der Waals surface area contributed by atoms with E-state index in [9.17, 15) is 4.79 Å². The normalized spacial score (nSPS) is 18.1. The number of hydrogen-bond donors (Lipinski definition) is 3. The highest BCUT2D eigenvalue weighted by atomic mass is 16.5. The number of carbonyl (C=O) groups excluding carboxylic acids is 1. The van der Waals surface area contributed by atoms with Crippen molar-refractivity contribution in [2.45, 2.75) is 71.4 Å². The lowest BCUT2D eigenvalue weighted by Gasteiger charge is -2.24. The standard InChI is InChI=1S/C16H32N4O2/c1-4-22-16(21)20-14(10-12(2)3)11-18-15(17)19-13-8-6-5-7-9-13/h12-14H,4-11H2,1-3H3,(H,20,21)(H3,17,18,19). The molecule has 1 rings (SSSR count). The van der Waals surface area contributed by atoms with E-state index in [0.717, 1.165) is 19.3 Å². The molecule has 0 aromatic rings. The second kappa shape index (κ2) is 10.3. The molecule has 0 bridgehead atoms. The zero-order valence-corrected chi connectivity index (χ0v) is 14.2. The summed E-state index contributed by atoms with van der Waals surface area (Å²) in [5, 5.41) is 6.15. The SMILES string of the molecule is CCOC(=O)NC(CN=C(N)NC1CCCCC1)CC(C)C. The van der Waals surface area contributed by atoms with Crippen LogP contribution in [0.3, 0.4) is 0 Å². The highest BCUT2D eigenvalue weighted by molar-refractivity contribution is 5.78. The van der Waals surface area contributed by atoms with Gasteiger partial charge in [-0.05, 0) is 32.1 Å². The van der Waals surface area contributed by atoms with E-state index in [1.165, 1.54) is 19.3 Å². The van der Waals surface area contributed by atoms with Crippen LogP contribution in [0.15, 0.2) is 4.99 Å². The molecule has 1 fully saturated rings. The molecule has 0 radical (unpaired) electrons. The minimum atomic E-state index is -0.387. The molecule has 1 saturated carbocycles. The van der Waals surface area contributed by atoms with E-state index in [1.807, 2.05) is 0 Å². The number of aliphatic imine (C=N–C) groups is 1. The van der Waals surface area contributed by atoms with E-state index in [2.05, 4.69) is 29.5 Å². The first-order chi connectivity index (χ1) is 10.5. The minimum Gasteiger partial charge on any atom is -0.450 e. The molecule has 4 N–H and O–H groups in total. The Morgan fingerprint density at radius 1 is 1.32 bits per heavy atom. The molecule has 0 aromatic carbocycles. The quantitative estimate of drug-likeness (QED) is 0.497. The number of nitrogens with one attached hydrogen (secondary N) is 2. The van der Waals surface area contributed by atoms with Crippen molar-refractivity contribution >= 4 is 12.1 Å². The van der Waals surface area contributed by atoms with E-state index in [1.54, 1.807) is 6.92 Å². The van der Waals surface area contributed by atoms with Gasteiger partial charge in [-0.2, -0.15) is 0 Å². The molecule has 22 heavy (non-hydrogen) atoms. The lowest BCUT2D eigenvalue weighted by Crippen LogP contribution is -2.43. The summed E-state index contributed by atoms with van der Waals surface area (Å²) in [6, 6.07) is 0.393. The van der Waals surface area contributed by atoms with E-state index in [-0.39, 0.29) is 12.1 Å². The summed E-state index contributed by atoms with van der Waals surface area (Å²) in [5.74, 6) is 0.945. The number of amides is 1. The van der Waals surface area contributed by atoms with Crippen LogP contribution in [0.5, 0.6) is 0 Å². The summed E-state index contributed by atoms with van der Waals surface area (Å²) < 4.78 is 4.94. The number of guanidine groups is 1. The molecule has 0 heterocycles. The van der Waals surface area contributed by atoms with Gasteiger partial charge in [-0.3, -0.25) is 4.99 Å². The zero-order chi connectivity index (χ0) is 16.4. The molecule has 0 aromatic heterocycles. The first-order valence-corrected chi connectivity index (χ1v) is 8.51. The molecule has 1 unspecified atom stereocenters. The molecule has 1 aliphatic rings. The summed E-state index contributed by atoms with van der Waals surface area (Å²) in [5.41, 5.74) is 5.97. The van der Waals surface area contributed by atoms with E-state index >= 15 is 0 Å². The Bertz CT molecular complexity index is 352. The van der Waals surface area contributed by atoms with Crippen molar-refractivity contribution in [2.24, 2.45) is 16.6 Å². The largest absolute Gasteiger partial charge is 0.450 e. The van der Waals surface area contributed by atoms with Gasteiger partial charge in [0, 0.05) is 6.04 Å². The maximum Gasteiger partial charge on any atom is 0.407 e. The zero-order valence-electron chi connectivity index (χ0n) is 14.2. The van der Waals surface area contributed by atoms with Crippen molar-refractivity contribution in [3.8, 4) is 0 Å². The second-order valence-corrected chi connectivity index (χ2v) is 6.40. The average Bonchev–Trinajstić information content (AvgIpc) is 2.45. The average molecular weight is 312 g/mol. The molecular weight excluding hydrogens is 280 g/mol. The summed E-state index contributed by atoms with van der Waals surface area (Å²) in [6.07, 6.45) is 6.60. The summed E-state index contributed by atoms with van der Waals surface area (Å²) in [7, 11) is 0. The Balaban J connectivity index is 2.44. The summed E-state index contributed by atoms with van der Waals surface area (Å²) in [4.78, 5) is 16.0. The van der Waals surface area contributed by atoms with Crippen LogP contribution in [0.4, 0.5) is 4.79 Å². The van der Waals surface area contributed by atoms with Crippen molar-refractivity contribution in [1.82, 2.24) is 10.6 Å². The Morgan fingerprint density at radius 3 is 2.59 bits per heavy atom. The predicted molar refractivity (Wildman–Crippen MR) is 89.9 cm³/mol. The number of rotatable bonds is 7. The first-order valence-electron chi connectivity index (χ1n) is 8.51. The van der Waals surface area contributed by atoms with E-state index < -0.39 is 0 Å². The molecule has 1 aliphatic carbocycles. The van der Waals surface area contributed by atoms with Gasteiger partial charge in [0.05, 0.1) is 19.2 Å². The van der Waals surface area contributed by atoms with Crippen LogP contribution in [0, 0.1) is 5.92 Å². The van der Waals surface area contributed by atoms with Gasteiger partial charge in [0.15, 0.2) is 5.96 Å². The third-order valence-electron chi connectivity index (χ3n) is 3.79. The van der Waals surface area contributed by atoms with Crippen LogP contribution < -0.4 is 16.4 Å². The molecule has 1 atom stereocenters. The Labute approximate surface area is 134 Å². The number of carbonyl (C=O) groups is 1. The molecule has 0 saturated heterocycles. The van der Waals surface area contributed by atoms with Crippen molar-refractivity contribution in [1.29, 1.82) is 0 Å². The lowest BCUT2D eigenvalue weighted by molar-refractivity contribution is 0.147. The van der Waals surface area contributed by atoms with Gasteiger partial charge in [-0.25, -0.2) is 4.79 Å². The fraction of sp³-hybridized carbons (Fsp3) is 0.875. The Morgan fingerprint density at radius 2 is 2.00 bits per heavy atom. The fourth-order valence-corrected chi connectivity index (χ4v) is 2.80. The topological polar surface area (TPSA) is 88.7 Å². The second-order valence-electron chi connectivity index (χ2n) is 6.40. The van der Waals surface area contributed by atoms with Crippen molar-refractivity contribution in [3.05, 3.63) is 0 Å². The van der Waals surface area contributed by atoms with Crippen LogP contribution in [0.1, 0.15) is 59.3 Å². The monoisotopic (exact) mass is 312 g/mol. The number of ether oxygens (including phenoxy) is 1.